The Balaban J connectivity index is 1.39. The van der Waals surface area contributed by atoms with Crippen molar-refractivity contribution >= 4 is 64.6 Å². The van der Waals surface area contributed by atoms with Crippen LogP contribution in [0.15, 0.2) is 157 Å². The average molecular weight is 581 g/mol. The third-order valence-electron chi connectivity index (χ3n) is 7.69. The molecule has 0 aromatic heterocycles. The molecule has 0 amide bonds. The van der Waals surface area contributed by atoms with Crippen LogP contribution in [0.2, 0.25) is 0 Å². The fourth-order valence-corrected chi connectivity index (χ4v) is 5.75. The lowest BCUT2D eigenvalue weighted by Crippen LogP contribution is -1.90. The van der Waals surface area contributed by atoms with Gasteiger partial charge in [0, 0.05) is 0 Å². The Kier molecular flexibility index (Phi) is 2.00. The SMILES string of the molecule is [2H]c1c([2H])c([2H])c(-c2c([2H])c([2H])c3c([2H])c([2H])c4c([2H])c([2H])c([2H])c5c([2H])c([2H])c2c3c45)c(-c2c([2H])c([2H])c(-c3c([2H])c([2H])c4c([2H])c([2H])c5c([2H])c([2H])c([2H])c6c([2H])c([2H])c3c4c56)c([2H])c2[2H])c1[2H]. The van der Waals surface area contributed by atoms with Gasteiger partial charge in [0.2, 0.25) is 0 Å². The molecule has 0 unspecified atom stereocenters. The van der Waals surface area contributed by atoms with Crippen molar-refractivity contribution in [1.29, 1.82) is 0 Å². The molecule has 202 valence electrons. The van der Waals surface area contributed by atoms with Gasteiger partial charge >= 0.3 is 0 Å². The van der Waals surface area contributed by atoms with Crippen LogP contribution in [-0.2, 0) is 0 Å². The minimum Gasteiger partial charge on any atom is -0.0616 e. The van der Waals surface area contributed by atoms with Crippen LogP contribution < -0.4 is 0 Å². The number of hydrogen-bond acceptors (Lipinski definition) is 0. The van der Waals surface area contributed by atoms with E-state index in [4.69, 9.17) is 20.6 Å². The van der Waals surface area contributed by atoms with Gasteiger partial charge in [-0.1, -0.05) is 157 Å². The highest BCUT2D eigenvalue weighted by molar-refractivity contribution is 6.27. The van der Waals surface area contributed by atoms with Gasteiger partial charge in [-0.25, -0.2) is 0 Å². The Morgan fingerprint density at radius 3 is 1.18 bits per heavy atom. The maximum atomic E-state index is 9.50. The molecule has 0 bridgehead atoms. The van der Waals surface area contributed by atoms with Crippen LogP contribution in [0, 0.1) is 0 Å². The second kappa shape index (κ2) is 8.89. The molecule has 44 heavy (non-hydrogen) atoms. The van der Waals surface area contributed by atoms with Crippen LogP contribution in [0.4, 0.5) is 0 Å². The quantitative estimate of drug-likeness (QED) is 0.182. The molecule has 0 aliphatic carbocycles. The first-order valence-electron chi connectivity index (χ1n) is 26.2. The molecule has 0 nitrogen and oxygen atoms in total. The molecule has 0 heteroatoms. The van der Waals surface area contributed by atoms with Crippen molar-refractivity contribution in [3.8, 4) is 33.4 Å². The zero-order chi connectivity index (χ0) is 51.4. The first kappa shape index (κ1) is 9.91. The van der Waals surface area contributed by atoms with Crippen LogP contribution in [0.25, 0.3) is 98.0 Å². The van der Waals surface area contributed by atoms with Crippen LogP contribution in [0.3, 0.4) is 0 Å². The summed E-state index contributed by atoms with van der Waals surface area (Å²) in [5.41, 5.74) is -4.56. The van der Waals surface area contributed by atoms with Gasteiger partial charge in [0.15, 0.2) is 0 Å². The van der Waals surface area contributed by atoms with Gasteiger partial charge in [0.25, 0.3) is 0 Å². The summed E-state index contributed by atoms with van der Waals surface area (Å²) < 4.78 is 234. The maximum absolute atomic E-state index is 9.50. The van der Waals surface area contributed by atoms with Crippen LogP contribution in [-0.4, -0.2) is 0 Å². The Hall–Kier alpha value is -5.72. The molecule has 10 aromatic carbocycles. The first-order chi connectivity index (χ1) is 32.7. The van der Waals surface area contributed by atoms with Gasteiger partial charge in [0.05, 0.1) is 35.6 Å². The smallest absolute Gasteiger partial charge is 0.0616 e. The first-order valence-corrected chi connectivity index (χ1v) is 13.2. The number of rotatable bonds is 3. The summed E-state index contributed by atoms with van der Waals surface area (Å²) in [6.45, 7) is 0. The largest absolute Gasteiger partial charge is 0.0630 e. The fraction of sp³-hybridized carbons (Fsp3) is 0. The van der Waals surface area contributed by atoms with E-state index in [-0.39, 0.29) is 32.3 Å². The summed E-state index contributed by atoms with van der Waals surface area (Å²) in [5, 5.41) is -4.66. The van der Waals surface area contributed by atoms with Crippen molar-refractivity contribution < 1.29 is 35.6 Å². The molecule has 0 heterocycles. The molecule has 0 atom stereocenters. The summed E-state index contributed by atoms with van der Waals surface area (Å²) in [7, 11) is 0. The zero-order valence-corrected chi connectivity index (χ0v) is 22.0. The van der Waals surface area contributed by atoms with E-state index < -0.39 is 223 Å². The van der Waals surface area contributed by atoms with E-state index in [2.05, 4.69) is 0 Å². The Labute approximate surface area is 291 Å². The third kappa shape index (κ3) is 3.28. The fourth-order valence-electron chi connectivity index (χ4n) is 5.75. The molecular formula is C44H26. The molecule has 0 aliphatic heterocycles. The molecular weight excluding hydrogens is 528 g/mol. The van der Waals surface area contributed by atoms with Gasteiger partial charge in [-0.15, -0.1) is 0 Å². The predicted molar refractivity (Wildman–Crippen MR) is 190 cm³/mol. The summed E-state index contributed by atoms with van der Waals surface area (Å²) in [6, 6.07) is -21.8. The van der Waals surface area contributed by atoms with Crippen molar-refractivity contribution in [2.75, 3.05) is 0 Å². The van der Waals surface area contributed by atoms with E-state index >= 15 is 0 Å². The molecule has 0 saturated heterocycles. The van der Waals surface area contributed by atoms with Crippen molar-refractivity contribution in [2.24, 2.45) is 0 Å². The maximum Gasteiger partial charge on any atom is 0.0630 e. The lowest BCUT2D eigenvalue weighted by atomic mass is 9.87. The van der Waals surface area contributed by atoms with E-state index in [0.717, 1.165) is 0 Å². The van der Waals surface area contributed by atoms with Gasteiger partial charge < -0.3 is 0 Å². The third-order valence-corrected chi connectivity index (χ3v) is 7.69. The lowest BCUT2D eigenvalue weighted by molar-refractivity contribution is 1.59. The molecule has 0 N–H and O–H groups in total. The van der Waals surface area contributed by atoms with Crippen LogP contribution in [0.5, 0.6) is 0 Å². The Morgan fingerprint density at radius 1 is 0.250 bits per heavy atom. The minimum absolute atomic E-state index is 0.253. The van der Waals surface area contributed by atoms with Gasteiger partial charge in [0.1, 0.15) is 0 Å². The van der Waals surface area contributed by atoms with E-state index in [9.17, 15) is 15.1 Å². The zero-order valence-electron chi connectivity index (χ0n) is 48.0. The van der Waals surface area contributed by atoms with Crippen molar-refractivity contribution in [2.45, 2.75) is 0 Å². The molecule has 0 aliphatic rings. The van der Waals surface area contributed by atoms with E-state index in [0.29, 0.717) is 0 Å². The highest BCUT2D eigenvalue weighted by atomic mass is 14.2. The van der Waals surface area contributed by atoms with Gasteiger partial charge in [-0.3, -0.25) is 0 Å². The van der Waals surface area contributed by atoms with Crippen molar-refractivity contribution in [1.82, 2.24) is 0 Å². The molecule has 0 saturated carbocycles. The summed E-state index contributed by atoms with van der Waals surface area (Å²) >= 11 is 0. The van der Waals surface area contributed by atoms with Crippen LogP contribution in [0.1, 0.15) is 35.6 Å². The number of hydrogen-bond donors (Lipinski definition) is 0. The topological polar surface area (TPSA) is 0 Å². The normalized spacial score (nSPS) is 20.4. The molecule has 10 rings (SSSR count). The summed E-state index contributed by atoms with van der Waals surface area (Å²) in [5.74, 6) is 0. The van der Waals surface area contributed by atoms with E-state index in [1.165, 1.54) is 0 Å². The molecule has 0 spiro atoms. The molecule has 0 fully saturated rings. The second-order valence-corrected chi connectivity index (χ2v) is 10.0. The van der Waals surface area contributed by atoms with Gasteiger partial charge in [-0.2, -0.15) is 0 Å². The minimum atomic E-state index is -1.07. The number of benzene rings is 10. The van der Waals surface area contributed by atoms with Gasteiger partial charge in [-0.05, 0) is 98.0 Å². The Bertz CT molecular complexity index is 4100. The average Bonchev–Trinajstić information content (AvgIpc) is 3.31. The van der Waals surface area contributed by atoms with Crippen molar-refractivity contribution in [3.05, 3.63) is 157 Å². The van der Waals surface area contributed by atoms with Crippen molar-refractivity contribution in [3.63, 3.8) is 0 Å². The predicted octanol–water partition coefficient (Wildman–Crippen LogP) is 12.5. The highest BCUT2D eigenvalue weighted by Crippen LogP contribution is 2.43. The summed E-state index contributed by atoms with van der Waals surface area (Å²) in [4.78, 5) is 0. The second-order valence-electron chi connectivity index (χ2n) is 10.0. The lowest BCUT2D eigenvalue weighted by Gasteiger charge is -2.17. The summed E-state index contributed by atoms with van der Waals surface area (Å²) in [6.07, 6.45) is 0. The molecule has 10 aromatic rings. The van der Waals surface area contributed by atoms with Crippen LogP contribution >= 0.6 is 0 Å². The van der Waals surface area contributed by atoms with E-state index in [1.54, 1.807) is 0 Å². The molecule has 0 radical (unpaired) electrons. The van der Waals surface area contributed by atoms with E-state index in [1.807, 2.05) is 0 Å². The Morgan fingerprint density at radius 2 is 0.636 bits per heavy atom. The standard InChI is InChI=1S/C44H26/c1-2-10-37(38-24-20-34-18-16-30-6-4-8-32-22-26-40(38)44(34)42(30)32)35(9-1)27-11-13-28(14-12-27)36-23-19-33-17-15-29-5-3-7-31-21-25-39(36)43(33)41(29)31/h1-26H/i1D,2D,3D,4D,5D,6D,7D,8D,9D,10D,11D,12D,13D,14D,15D,16D,17D,18D,19D,20D,21D,22D,23D,24D,25D,26D. The highest BCUT2D eigenvalue weighted by Gasteiger charge is 2.16. The monoisotopic (exact) mass is 580 g/mol.